The van der Waals surface area contributed by atoms with Crippen LogP contribution in [0.2, 0.25) is 0 Å². The van der Waals surface area contributed by atoms with Crippen molar-refractivity contribution in [1.29, 1.82) is 0 Å². The molecule has 1 amide bonds. The number of benzene rings is 2. The molecule has 0 aliphatic rings. The Labute approximate surface area is 142 Å². The van der Waals surface area contributed by atoms with Gasteiger partial charge in [0, 0.05) is 5.54 Å². The zero-order valence-electron chi connectivity index (χ0n) is 14.3. The van der Waals surface area contributed by atoms with Crippen LogP contribution in [0.25, 0.3) is 0 Å². The minimum atomic E-state index is -0.481. The molecule has 1 N–H and O–H groups in total. The summed E-state index contributed by atoms with van der Waals surface area (Å²) in [5.41, 5.74) is 2.13. The summed E-state index contributed by atoms with van der Waals surface area (Å²) in [6.45, 7) is 5.35. The van der Waals surface area contributed by atoms with Crippen LogP contribution in [-0.4, -0.2) is 24.0 Å². The molecule has 0 fully saturated rings. The molecule has 0 radical (unpaired) electrons. The average molecular weight is 325 g/mol. The highest BCUT2D eigenvalue weighted by molar-refractivity contribution is 5.92. The molecule has 2 aromatic rings. The second-order valence-corrected chi connectivity index (χ2v) is 6.69. The standard InChI is InChI=1S/C20H23NO3/c1-20(2,3)21-18(22)14-24-19(23)17-12-8-7-11-16(17)13-15-9-5-4-6-10-15/h4-12H,13-14H2,1-3H3,(H,21,22). The first-order valence-corrected chi connectivity index (χ1v) is 7.95. The van der Waals surface area contributed by atoms with E-state index >= 15 is 0 Å². The zero-order chi connectivity index (χ0) is 17.6. The molecule has 0 spiro atoms. The van der Waals surface area contributed by atoms with Crippen LogP contribution in [0.5, 0.6) is 0 Å². The molecule has 0 bridgehead atoms. The van der Waals surface area contributed by atoms with Crippen molar-refractivity contribution in [2.24, 2.45) is 0 Å². The maximum atomic E-state index is 12.3. The molecule has 24 heavy (non-hydrogen) atoms. The van der Waals surface area contributed by atoms with Crippen molar-refractivity contribution in [2.45, 2.75) is 32.7 Å². The Balaban J connectivity index is 2.03. The van der Waals surface area contributed by atoms with Gasteiger partial charge in [-0.1, -0.05) is 48.5 Å². The van der Waals surface area contributed by atoms with E-state index in [1.807, 2.05) is 63.2 Å². The Kier molecular flexibility index (Phi) is 5.74. The SMILES string of the molecule is CC(C)(C)NC(=O)COC(=O)c1ccccc1Cc1ccccc1. The fourth-order valence-electron chi connectivity index (χ4n) is 2.35. The fraction of sp³-hybridized carbons (Fsp3) is 0.300. The third-order valence-corrected chi connectivity index (χ3v) is 3.32. The molecule has 2 aromatic carbocycles. The van der Waals surface area contributed by atoms with Gasteiger partial charge >= 0.3 is 5.97 Å². The predicted molar refractivity (Wildman–Crippen MR) is 93.9 cm³/mol. The van der Waals surface area contributed by atoms with Gasteiger partial charge in [-0.2, -0.15) is 0 Å². The van der Waals surface area contributed by atoms with Crippen LogP contribution < -0.4 is 5.32 Å². The Morgan fingerprint density at radius 1 is 0.958 bits per heavy atom. The summed E-state index contributed by atoms with van der Waals surface area (Å²) in [5.74, 6) is -0.790. The maximum absolute atomic E-state index is 12.3. The van der Waals surface area contributed by atoms with E-state index in [0.717, 1.165) is 11.1 Å². The molecule has 2 rings (SSSR count). The summed E-state index contributed by atoms with van der Waals surface area (Å²) in [7, 11) is 0. The predicted octanol–water partition coefficient (Wildman–Crippen LogP) is 3.35. The van der Waals surface area contributed by atoms with Crippen molar-refractivity contribution < 1.29 is 14.3 Å². The molecule has 0 saturated carbocycles. The lowest BCUT2D eigenvalue weighted by atomic mass is 10.00. The van der Waals surface area contributed by atoms with Crippen molar-refractivity contribution in [3.63, 3.8) is 0 Å². The van der Waals surface area contributed by atoms with Crippen molar-refractivity contribution in [3.05, 3.63) is 71.3 Å². The van der Waals surface area contributed by atoms with Gasteiger partial charge in [-0.15, -0.1) is 0 Å². The molecule has 0 atom stereocenters. The summed E-state index contributed by atoms with van der Waals surface area (Å²) in [4.78, 5) is 24.1. The van der Waals surface area contributed by atoms with Gasteiger partial charge in [-0.3, -0.25) is 4.79 Å². The topological polar surface area (TPSA) is 55.4 Å². The number of amides is 1. The van der Waals surface area contributed by atoms with Crippen LogP contribution in [0.4, 0.5) is 0 Å². The highest BCUT2D eigenvalue weighted by Gasteiger charge is 2.17. The van der Waals surface area contributed by atoms with Gasteiger partial charge < -0.3 is 10.1 Å². The normalized spacial score (nSPS) is 11.0. The molecule has 0 saturated heterocycles. The molecule has 0 unspecified atom stereocenters. The van der Waals surface area contributed by atoms with E-state index in [4.69, 9.17) is 4.74 Å². The van der Waals surface area contributed by atoms with Gasteiger partial charge in [0.25, 0.3) is 5.91 Å². The van der Waals surface area contributed by atoms with Gasteiger partial charge in [-0.05, 0) is 44.4 Å². The van der Waals surface area contributed by atoms with Crippen molar-refractivity contribution in [3.8, 4) is 0 Å². The largest absolute Gasteiger partial charge is 0.452 e. The number of hydrogen-bond donors (Lipinski definition) is 1. The van der Waals surface area contributed by atoms with Gasteiger partial charge in [0.05, 0.1) is 5.56 Å². The van der Waals surface area contributed by atoms with Crippen molar-refractivity contribution >= 4 is 11.9 Å². The summed E-state index contributed by atoms with van der Waals surface area (Å²) in [6, 6.07) is 17.2. The number of esters is 1. The lowest BCUT2D eigenvalue weighted by molar-refractivity contribution is -0.125. The van der Waals surface area contributed by atoms with E-state index < -0.39 is 5.97 Å². The van der Waals surface area contributed by atoms with Gasteiger partial charge in [-0.25, -0.2) is 4.79 Å². The molecular weight excluding hydrogens is 302 g/mol. The molecule has 4 nitrogen and oxygen atoms in total. The summed E-state index contributed by atoms with van der Waals surface area (Å²) in [6.07, 6.45) is 0.639. The Bertz CT molecular complexity index is 702. The summed E-state index contributed by atoms with van der Waals surface area (Å²) < 4.78 is 5.16. The number of ether oxygens (including phenoxy) is 1. The quantitative estimate of drug-likeness (QED) is 0.858. The fourth-order valence-corrected chi connectivity index (χ4v) is 2.35. The van der Waals surface area contributed by atoms with Crippen LogP contribution in [0, 0.1) is 0 Å². The Morgan fingerprint density at radius 3 is 2.25 bits per heavy atom. The first-order chi connectivity index (χ1) is 11.3. The summed E-state index contributed by atoms with van der Waals surface area (Å²) >= 11 is 0. The Morgan fingerprint density at radius 2 is 1.58 bits per heavy atom. The highest BCUT2D eigenvalue weighted by Crippen LogP contribution is 2.15. The minimum absolute atomic E-state index is 0.282. The van der Waals surface area contributed by atoms with Gasteiger partial charge in [0.2, 0.25) is 0 Å². The van der Waals surface area contributed by atoms with Gasteiger partial charge in [0.15, 0.2) is 6.61 Å². The lowest BCUT2D eigenvalue weighted by Crippen LogP contribution is -2.42. The number of hydrogen-bond acceptors (Lipinski definition) is 3. The zero-order valence-corrected chi connectivity index (χ0v) is 14.3. The van der Waals surface area contributed by atoms with E-state index in [9.17, 15) is 9.59 Å². The molecule has 0 heterocycles. The number of nitrogens with one attached hydrogen (secondary N) is 1. The second kappa shape index (κ2) is 7.77. The van der Waals surface area contributed by atoms with Crippen molar-refractivity contribution in [1.82, 2.24) is 5.32 Å². The molecule has 4 heteroatoms. The molecule has 0 aromatic heterocycles. The lowest BCUT2D eigenvalue weighted by Gasteiger charge is -2.20. The minimum Gasteiger partial charge on any atom is -0.452 e. The third-order valence-electron chi connectivity index (χ3n) is 3.32. The monoisotopic (exact) mass is 325 g/mol. The van der Waals surface area contributed by atoms with Crippen LogP contribution >= 0.6 is 0 Å². The smallest absolute Gasteiger partial charge is 0.338 e. The first kappa shape index (κ1) is 17.7. The van der Waals surface area contributed by atoms with Crippen molar-refractivity contribution in [2.75, 3.05) is 6.61 Å². The second-order valence-electron chi connectivity index (χ2n) is 6.69. The van der Waals surface area contributed by atoms with Crippen LogP contribution in [0.3, 0.4) is 0 Å². The molecule has 126 valence electrons. The van der Waals surface area contributed by atoms with E-state index in [1.54, 1.807) is 12.1 Å². The van der Waals surface area contributed by atoms with Crippen LogP contribution in [-0.2, 0) is 16.0 Å². The maximum Gasteiger partial charge on any atom is 0.338 e. The number of rotatable bonds is 5. The summed E-state index contributed by atoms with van der Waals surface area (Å²) in [5, 5.41) is 2.76. The first-order valence-electron chi connectivity index (χ1n) is 7.95. The number of carbonyl (C=O) groups excluding carboxylic acids is 2. The van der Waals surface area contributed by atoms with Crippen LogP contribution in [0.1, 0.15) is 42.3 Å². The Hall–Kier alpha value is -2.62. The highest BCUT2D eigenvalue weighted by atomic mass is 16.5. The van der Waals surface area contributed by atoms with E-state index in [-0.39, 0.29) is 18.1 Å². The average Bonchev–Trinajstić information content (AvgIpc) is 2.52. The number of carbonyl (C=O) groups is 2. The van der Waals surface area contributed by atoms with Gasteiger partial charge in [0.1, 0.15) is 0 Å². The molecule has 0 aliphatic heterocycles. The van der Waals surface area contributed by atoms with E-state index in [2.05, 4.69) is 5.32 Å². The third kappa shape index (κ3) is 5.54. The van der Waals surface area contributed by atoms with Crippen LogP contribution in [0.15, 0.2) is 54.6 Å². The molecule has 0 aliphatic carbocycles. The van der Waals surface area contributed by atoms with E-state index in [1.165, 1.54) is 0 Å². The van der Waals surface area contributed by atoms with E-state index in [0.29, 0.717) is 12.0 Å². The molecular formula is C20H23NO3.